The summed E-state index contributed by atoms with van der Waals surface area (Å²) in [6.45, 7) is 8.34. The highest BCUT2D eigenvalue weighted by molar-refractivity contribution is 5.72. The van der Waals surface area contributed by atoms with Gasteiger partial charge in [0.05, 0.1) is 18.5 Å². The molecule has 1 N–H and O–H groups in total. The smallest absolute Gasteiger partial charge is 0.235 e. The Bertz CT molecular complexity index is 887. The molecule has 0 atom stereocenters. The third-order valence-electron chi connectivity index (χ3n) is 4.33. The molecule has 0 spiro atoms. The van der Waals surface area contributed by atoms with Crippen molar-refractivity contribution in [3.63, 3.8) is 0 Å². The van der Waals surface area contributed by atoms with Gasteiger partial charge in [-0.25, -0.2) is 4.68 Å². The van der Waals surface area contributed by atoms with Crippen molar-refractivity contribution < 1.29 is 9.84 Å². The Morgan fingerprint density at radius 1 is 1.00 bits per heavy atom. The minimum atomic E-state index is -0.244. The van der Waals surface area contributed by atoms with E-state index in [1.165, 1.54) is 0 Å². The van der Waals surface area contributed by atoms with E-state index in [4.69, 9.17) is 4.74 Å². The van der Waals surface area contributed by atoms with Gasteiger partial charge in [-0.1, -0.05) is 45.0 Å². The first kappa shape index (κ1) is 17.1. The fourth-order valence-corrected chi connectivity index (χ4v) is 3.09. The van der Waals surface area contributed by atoms with Gasteiger partial charge < -0.3 is 9.84 Å². The molecule has 1 aromatic heterocycles. The second-order valence-corrected chi connectivity index (χ2v) is 7.22. The maximum absolute atomic E-state index is 10.6. The first-order chi connectivity index (χ1) is 11.8. The molecule has 4 heteroatoms. The number of aryl methyl sites for hydroxylation is 1. The predicted molar refractivity (Wildman–Crippen MR) is 101 cm³/mol. The van der Waals surface area contributed by atoms with Gasteiger partial charge in [-0.2, -0.15) is 0 Å². The summed E-state index contributed by atoms with van der Waals surface area (Å²) in [6, 6.07) is 15.9. The van der Waals surface area contributed by atoms with E-state index in [9.17, 15) is 5.11 Å². The van der Waals surface area contributed by atoms with E-state index in [1.807, 2.05) is 41.1 Å². The molecule has 3 aromatic rings. The number of nitrogens with zero attached hydrogens (tertiary/aromatic N) is 2. The number of hydrogen-bond acceptors (Lipinski definition) is 3. The van der Waals surface area contributed by atoms with Crippen molar-refractivity contribution in [1.82, 2.24) is 9.78 Å². The zero-order valence-corrected chi connectivity index (χ0v) is 15.4. The van der Waals surface area contributed by atoms with Crippen LogP contribution in [-0.4, -0.2) is 22.0 Å². The van der Waals surface area contributed by atoms with Crippen molar-refractivity contribution in [3.8, 4) is 28.6 Å². The Morgan fingerprint density at radius 3 is 2.20 bits per heavy atom. The van der Waals surface area contributed by atoms with Crippen molar-refractivity contribution in [1.29, 1.82) is 0 Å². The summed E-state index contributed by atoms with van der Waals surface area (Å²) in [5.41, 5.74) is 4.61. The van der Waals surface area contributed by atoms with Crippen LogP contribution in [0.2, 0.25) is 0 Å². The second-order valence-electron chi connectivity index (χ2n) is 7.22. The highest BCUT2D eigenvalue weighted by Crippen LogP contribution is 2.41. The lowest BCUT2D eigenvalue weighted by atomic mass is 9.84. The van der Waals surface area contributed by atoms with Gasteiger partial charge in [0, 0.05) is 11.1 Å². The van der Waals surface area contributed by atoms with Crippen molar-refractivity contribution in [2.24, 2.45) is 0 Å². The Labute approximate surface area is 148 Å². The van der Waals surface area contributed by atoms with E-state index in [2.05, 4.69) is 44.9 Å². The molecule has 0 saturated heterocycles. The van der Waals surface area contributed by atoms with Gasteiger partial charge in [0.2, 0.25) is 5.88 Å². The number of aromatic nitrogens is 2. The van der Waals surface area contributed by atoms with Gasteiger partial charge in [-0.15, -0.1) is 5.10 Å². The van der Waals surface area contributed by atoms with Crippen LogP contribution in [0, 0.1) is 6.92 Å². The van der Waals surface area contributed by atoms with Crippen LogP contribution in [0.5, 0.6) is 11.6 Å². The largest absolute Gasteiger partial charge is 0.497 e. The summed E-state index contributed by atoms with van der Waals surface area (Å²) in [5, 5.41) is 15.1. The standard InChI is InChI=1S/C21H24N2O2/c1-14-8-6-7-9-17(14)19-18(21(2,3)4)20(24)22-23(19)15-10-12-16(25-5)13-11-15/h6-13H,1-5H3,(H,22,24). The van der Waals surface area contributed by atoms with E-state index >= 15 is 0 Å². The second kappa shape index (κ2) is 6.28. The lowest BCUT2D eigenvalue weighted by Crippen LogP contribution is -2.13. The van der Waals surface area contributed by atoms with Gasteiger partial charge in [0.1, 0.15) is 5.75 Å². The highest BCUT2D eigenvalue weighted by atomic mass is 16.5. The minimum Gasteiger partial charge on any atom is -0.497 e. The number of ether oxygens (including phenoxy) is 1. The van der Waals surface area contributed by atoms with E-state index in [1.54, 1.807) is 7.11 Å². The van der Waals surface area contributed by atoms with Crippen molar-refractivity contribution in [2.45, 2.75) is 33.1 Å². The van der Waals surface area contributed by atoms with E-state index in [0.29, 0.717) is 0 Å². The third-order valence-corrected chi connectivity index (χ3v) is 4.33. The molecule has 130 valence electrons. The monoisotopic (exact) mass is 336 g/mol. The molecule has 0 aliphatic heterocycles. The summed E-state index contributed by atoms with van der Waals surface area (Å²) in [4.78, 5) is 0. The summed E-state index contributed by atoms with van der Waals surface area (Å²) >= 11 is 0. The summed E-state index contributed by atoms with van der Waals surface area (Å²) in [6.07, 6.45) is 0. The van der Waals surface area contributed by atoms with Crippen molar-refractivity contribution in [2.75, 3.05) is 7.11 Å². The zero-order chi connectivity index (χ0) is 18.2. The minimum absolute atomic E-state index is 0.0709. The van der Waals surface area contributed by atoms with Crippen LogP contribution in [0.15, 0.2) is 48.5 Å². The maximum Gasteiger partial charge on any atom is 0.235 e. The molecule has 0 fully saturated rings. The fraction of sp³-hybridized carbons (Fsp3) is 0.286. The number of benzene rings is 2. The van der Waals surface area contributed by atoms with E-state index < -0.39 is 0 Å². The number of methoxy groups -OCH3 is 1. The Morgan fingerprint density at radius 2 is 1.64 bits per heavy atom. The van der Waals surface area contributed by atoms with Crippen LogP contribution in [0.4, 0.5) is 0 Å². The quantitative estimate of drug-likeness (QED) is 0.743. The average molecular weight is 336 g/mol. The van der Waals surface area contributed by atoms with Crippen molar-refractivity contribution in [3.05, 3.63) is 59.7 Å². The molecular formula is C21H24N2O2. The molecule has 0 saturated carbocycles. The molecule has 0 aliphatic carbocycles. The van der Waals surface area contributed by atoms with Gasteiger partial charge in [0.25, 0.3) is 0 Å². The first-order valence-corrected chi connectivity index (χ1v) is 8.36. The molecule has 0 aliphatic rings. The summed E-state index contributed by atoms with van der Waals surface area (Å²) in [5.74, 6) is 0.857. The molecule has 0 radical (unpaired) electrons. The van der Waals surface area contributed by atoms with Gasteiger partial charge in [0.15, 0.2) is 0 Å². The van der Waals surface area contributed by atoms with Crippen LogP contribution < -0.4 is 4.74 Å². The van der Waals surface area contributed by atoms with Crippen LogP contribution >= 0.6 is 0 Å². The normalized spacial score (nSPS) is 11.6. The van der Waals surface area contributed by atoms with Crippen LogP contribution in [0.3, 0.4) is 0 Å². The summed E-state index contributed by atoms with van der Waals surface area (Å²) < 4.78 is 7.06. The lowest BCUT2D eigenvalue weighted by Gasteiger charge is -2.21. The fourth-order valence-electron chi connectivity index (χ4n) is 3.09. The zero-order valence-electron chi connectivity index (χ0n) is 15.4. The van der Waals surface area contributed by atoms with Gasteiger partial charge in [-0.05, 0) is 42.2 Å². The molecule has 0 unspecified atom stereocenters. The van der Waals surface area contributed by atoms with Gasteiger partial charge >= 0.3 is 0 Å². The molecular weight excluding hydrogens is 312 g/mol. The maximum atomic E-state index is 10.6. The molecule has 1 heterocycles. The molecule has 4 nitrogen and oxygen atoms in total. The van der Waals surface area contributed by atoms with Crippen LogP contribution in [0.1, 0.15) is 31.9 Å². The topological polar surface area (TPSA) is 47.3 Å². The van der Waals surface area contributed by atoms with Crippen LogP contribution in [-0.2, 0) is 5.41 Å². The van der Waals surface area contributed by atoms with E-state index in [-0.39, 0.29) is 11.3 Å². The number of aromatic hydroxyl groups is 1. The highest BCUT2D eigenvalue weighted by Gasteiger charge is 2.29. The molecule has 3 rings (SSSR count). The van der Waals surface area contributed by atoms with Gasteiger partial charge in [-0.3, -0.25) is 0 Å². The molecule has 25 heavy (non-hydrogen) atoms. The Hall–Kier alpha value is -2.75. The molecule has 2 aromatic carbocycles. The Balaban J connectivity index is 2.31. The predicted octanol–water partition coefficient (Wildman–Crippen LogP) is 4.86. The molecule has 0 bridgehead atoms. The third kappa shape index (κ3) is 3.12. The SMILES string of the molecule is COc1ccc(-n2nc(O)c(C(C)(C)C)c2-c2ccccc2C)cc1. The molecule has 0 amide bonds. The lowest BCUT2D eigenvalue weighted by molar-refractivity contribution is 0.414. The summed E-state index contributed by atoms with van der Waals surface area (Å²) in [7, 11) is 1.64. The Kier molecular flexibility index (Phi) is 4.29. The van der Waals surface area contributed by atoms with Crippen LogP contribution in [0.25, 0.3) is 16.9 Å². The average Bonchev–Trinajstić information content (AvgIpc) is 2.92. The van der Waals surface area contributed by atoms with E-state index in [0.717, 1.165) is 33.8 Å². The first-order valence-electron chi connectivity index (χ1n) is 8.36. The number of rotatable bonds is 3. The number of hydrogen-bond donors (Lipinski definition) is 1. The van der Waals surface area contributed by atoms with Crippen molar-refractivity contribution >= 4 is 0 Å².